The van der Waals surface area contributed by atoms with Crippen molar-refractivity contribution in [3.8, 4) is 0 Å². The van der Waals surface area contributed by atoms with Crippen molar-refractivity contribution in [2.75, 3.05) is 45.8 Å². The number of amides is 1. The van der Waals surface area contributed by atoms with E-state index in [0.717, 1.165) is 25.0 Å². The standard InChI is InChI=1S/C15H30NO6PS2/c1-15(2,25-24-13-5-4-9-22-23(18)19)7-6-14(17)16-8-10-21-12-11-20-3/h4-13H2,1-3H3,(H-,16,17,18,19)/p+1. The van der Waals surface area contributed by atoms with Gasteiger partial charge in [0, 0.05) is 35.1 Å². The van der Waals surface area contributed by atoms with Crippen molar-refractivity contribution in [1.29, 1.82) is 0 Å². The van der Waals surface area contributed by atoms with E-state index in [-0.39, 0.29) is 10.7 Å². The Hall–Kier alpha value is 0.110. The molecular weight excluding hydrogens is 385 g/mol. The second-order valence-electron chi connectivity index (χ2n) is 5.90. The normalized spacial score (nSPS) is 12.2. The van der Waals surface area contributed by atoms with Gasteiger partial charge in [0.2, 0.25) is 5.91 Å². The Morgan fingerprint density at radius 3 is 2.64 bits per heavy atom. The first kappa shape index (κ1) is 25.1. The Kier molecular flexibility index (Phi) is 16.4. The Balaban J connectivity index is 3.58. The molecule has 0 aliphatic rings. The van der Waals surface area contributed by atoms with E-state index < -0.39 is 8.25 Å². The van der Waals surface area contributed by atoms with E-state index in [1.807, 2.05) is 0 Å². The van der Waals surface area contributed by atoms with E-state index in [1.165, 1.54) is 0 Å². The highest BCUT2D eigenvalue weighted by Crippen LogP contribution is 2.39. The zero-order valence-corrected chi connectivity index (χ0v) is 17.9. The first-order chi connectivity index (χ1) is 11.9. The number of hydrogen-bond donors (Lipinski definition) is 2. The second kappa shape index (κ2) is 16.3. The summed E-state index contributed by atoms with van der Waals surface area (Å²) in [5.74, 6) is 0.995. The number of carbonyl (C=O) groups excluding carboxylic acids is 1. The summed E-state index contributed by atoms with van der Waals surface area (Å²) in [5.41, 5.74) is 0. The van der Waals surface area contributed by atoms with Crippen LogP contribution in [0.5, 0.6) is 0 Å². The highest BCUT2D eigenvalue weighted by atomic mass is 33.1. The van der Waals surface area contributed by atoms with Crippen molar-refractivity contribution < 1.29 is 28.3 Å². The number of methoxy groups -OCH3 is 1. The minimum absolute atomic E-state index is 0.0158. The van der Waals surface area contributed by atoms with Crippen molar-refractivity contribution in [3.63, 3.8) is 0 Å². The molecule has 0 radical (unpaired) electrons. The molecule has 148 valence electrons. The van der Waals surface area contributed by atoms with Crippen LogP contribution in [-0.4, -0.2) is 61.4 Å². The third-order valence-electron chi connectivity index (χ3n) is 3.06. The molecule has 0 saturated carbocycles. The topological polar surface area (TPSA) is 94.1 Å². The smallest absolute Gasteiger partial charge is 0.382 e. The molecule has 7 nitrogen and oxygen atoms in total. The van der Waals surface area contributed by atoms with Crippen molar-refractivity contribution in [1.82, 2.24) is 5.32 Å². The lowest BCUT2D eigenvalue weighted by molar-refractivity contribution is -0.121. The number of unbranched alkanes of at least 4 members (excludes halogenated alkanes) is 1. The van der Waals surface area contributed by atoms with Crippen LogP contribution in [0.2, 0.25) is 0 Å². The van der Waals surface area contributed by atoms with Crippen molar-refractivity contribution in [3.05, 3.63) is 0 Å². The number of rotatable bonds is 17. The molecule has 0 aromatic rings. The summed E-state index contributed by atoms with van der Waals surface area (Å²) >= 11 is 0. The van der Waals surface area contributed by atoms with Crippen LogP contribution in [0, 0.1) is 0 Å². The van der Waals surface area contributed by atoms with Gasteiger partial charge in [0.15, 0.2) is 0 Å². The third-order valence-corrected chi connectivity index (χ3v) is 6.90. The van der Waals surface area contributed by atoms with Crippen molar-refractivity contribution >= 4 is 35.7 Å². The number of hydrogen-bond acceptors (Lipinski definition) is 7. The zero-order valence-electron chi connectivity index (χ0n) is 15.3. The SMILES string of the molecule is COCCOCCNC(=O)CCC(C)(C)SSCCCCO[P+](=O)O. The second-order valence-corrected chi connectivity index (χ2v) is 9.76. The number of carbonyl (C=O) groups is 1. The van der Waals surface area contributed by atoms with Crippen LogP contribution in [-0.2, 0) is 23.4 Å². The molecule has 1 atom stereocenters. The van der Waals surface area contributed by atoms with Crippen LogP contribution in [0.4, 0.5) is 0 Å². The highest BCUT2D eigenvalue weighted by molar-refractivity contribution is 8.77. The lowest BCUT2D eigenvalue weighted by Gasteiger charge is -2.22. The predicted molar refractivity (Wildman–Crippen MR) is 104 cm³/mol. The van der Waals surface area contributed by atoms with Gasteiger partial charge in [-0.1, -0.05) is 21.6 Å². The molecule has 25 heavy (non-hydrogen) atoms. The number of ether oxygens (including phenoxy) is 2. The summed E-state index contributed by atoms with van der Waals surface area (Å²) in [6, 6.07) is 0. The highest BCUT2D eigenvalue weighted by Gasteiger charge is 2.20. The van der Waals surface area contributed by atoms with Crippen LogP contribution in [0.15, 0.2) is 0 Å². The summed E-state index contributed by atoms with van der Waals surface area (Å²) in [5, 5.41) is 2.85. The van der Waals surface area contributed by atoms with Gasteiger partial charge in [-0.25, -0.2) is 0 Å². The van der Waals surface area contributed by atoms with Crippen molar-refractivity contribution in [2.24, 2.45) is 0 Å². The van der Waals surface area contributed by atoms with E-state index in [2.05, 4.69) is 23.7 Å². The van der Waals surface area contributed by atoms with E-state index >= 15 is 0 Å². The van der Waals surface area contributed by atoms with E-state index in [4.69, 9.17) is 14.4 Å². The van der Waals surface area contributed by atoms with Gasteiger partial charge in [0.05, 0.1) is 19.8 Å². The number of nitrogens with one attached hydrogen (secondary N) is 1. The van der Waals surface area contributed by atoms with Gasteiger partial charge >= 0.3 is 8.25 Å². The van der Waals surface area contributed by atoms with Crippen LogP contribution < -0.4 is 5.32 Å². The molecule has 0 aliphatic heterocycles. The van der Waals surface area contributed by atoms with Gasteiger partial charge < -0.3 is 14.8 Å². The molecule has 0 heterocycles. The molecule has 0 bridgehead atoms. The molecular formula is C15H31NO6PS2+. The minimum atomic E-state index is -2.48. The molecule has 0 fully saturated rings. The molecule has 0 rings (SSSR count). The van der Waals surface area contributed by atoms with Gasteiger partial charge in [-0.3, -0.25) is 4.79 Å². The maximum Gasteiger partial charge on any atom is 0.694 e. The Bertz CT molecular complexity index is 374. The molecule has 0 aliphatic carbocycles. The Morgan fingerprint density at radius 1 is 1.20 bits per heavy atom. The first-order valence-electron chi connectivity index (χ1n) is 8.30. The summed E-state index contributed by atoms with van der Waals surface area (Å²) < 4.78 is 25.1. The average molecular weight is 417 g/mol. The largest absolute Gasteiger partial charge is 0.694 e. The fourth-order valence-corrected chi connectivity index (χ4v) is 4.66. The van der Waals surface area contributed by atoms with Crippen LogP contribution in [0.3, 0.4) is 0 Å². The van der Waals surface area contributed by atoms with Crippen LogP contribution in [0.25, 0.3) is 0 Å². The lowest BCUT2D eigenvalue weighted by Crippen LogP contribution is -2.29. The first-order valence-corrected chi connectivity index (χ1v) is 11.8. The summed E-state index contributed by atoms with van der Waals surface area (Å²) in [6.45, 7) is 6.69. The molecule has 0 aromatic heterocycles. The molecule has 0 aromatic carbocycles. The Morgan fingerprint density at radius 2 is 1.96 bits per heavy atom. The zero-order chi connectivity index (χ0) is 19.0. The summed E-state index contributed by atoms with van der Waals surface area (Å²) in [4.78, 5) is 20.3. The fourth-order valence-electron chi connectivity index (χ4n) is 1.66. The van der Waals surface area contributed by atoms with Crippen LogP contribution in [0.1, 0.15) is 39.5 Å². The van der Waals surface area contributed by atoms with E-state index in [0.29, 0.717) is 39.4 Å². The lowest BCUT2D eigenvalue weighted by atomic mass is 10.1. The maximum absolute atomic E-state index is 11.8. The third kappa shape index (κ3) is 18.7. The molecule has 2 N–H and O–H groups in total. The molecule has 10 heteroatoms. The molecule has 0 spiro atoms. The van der Waals surface area contributed by atoms with Gasteiger partial charge in [-0.05, 0) is 33.1 Å². The van der Waals surface area contributed by atoms with Gasteiger partial charge in [-0.2, -0.15) is 0 Å². The molecule has 1 unspecified atom stereocenters. The van der Waals surface area contributed by atoms with Gasteiger partial charge in [0.25, 0.3) is 0 Å². The van der Waals surface area contributed by atoms with Crippen molar-refractivity contribution in [2.45, 2.75) is 44.3 Å². The van der Waals surface area contributed by atoms with Gasteiger partial charge in [0.1, 0.15) is 6.61 Å². The van der Waals surface area contributed by atoms with Crippen LogP contribution >= 0.6 is 29.8 Å². The quantitative estimate of drug-likeness (QED) is 0.212. The maximum atomic E-state index is 11.8. The summed E-state index contributed by atoms with van der Waals surface area (Å²) in [7, 11) is 2.68. The van der Waals surface area contributed by atoms with Gasteiger partial charge in [-0.15, -0.1) is 9.42 Å². The average Bonchev–Trinajstić information content (AvgIpc) is 2.55. The predicted octanol–water partition coefficient (Wildman–Crippen LogP) is 3.15. The van der Waals surface area contributed by atoms with E-state index in [1.54, 1.807) is 28.7 Å². The summed E-state index contributed by atoms with van der Waals surface area (Å²) in [6.07, 6.45) is 3.00. The fraction of sp³-hybridized carbons (Fsp3) is 0.933. The monoisotopic (exact) mass is 416 g/mol. The Labute approximate surface area is 159 Å². The van der Waals surface area contributed by atoms with E-state index in [9.17, 15) is 9.36 Å². The molecule has 0 saturated heterocycles. The molecule has 1 amide bonds. The minimum Gasteiger partial charge on any atom is -0.382 e.